The predicted molar refractivity (Wildman–Crippen MR) is 136 cm³/mol. The lowest BCUT2D eigenvalue weighted by Crippen LogP contribution is -2.37. The third-order valence-electron chi connectivity index (χ3n) is 6.15. The molecule has 4 rings (SSSR count). The Hall–Kier alpha value is -3.27. The number of hydrogen-bond acceptors (Lipinski definition) is 5. The van der Waals surface area contributed by atoms with Crippen LogP contribution < -0.4 is 10.1 Å². The van der Waals surface area contributed by atoms with Crippen molar-refractivity contribution in [1.82, 2.24) is 10.2 Å². The van der Waals surface area contributed by atoms with Gasteiger partial charge in [-0.3, -0.25) is 9.69 Å². The zero-order valence-electron chi connectivity index (χ0n) is 19.4. The molecule has 1 fully saturated rings. The molecule has 1 aliphatic rings. The standard InChI is InChI=1S/C28H29N3O2S/c1-33-24-14-12-23(13-15-24)26(31-16-4-5-17-31)19-30-28(32)25-6-2-3-7-27(25)34-20-22-10-8-21(18-29)9-11-22/h2-3,6-15,26H,4-5,16-17,19-20H2,1H3,(H,30,32). The summed E-state index contributed by atoms with van der Waals surface area (Å²) in [6.45, 7) is 2.65. The minimum atomic E-state index is -0.0550. The van der Waals surface area contributed by atoms with E-state index in [0.717, 1.165) is 35.1 Å². The Kier molecular flexibility index (Phi) is 8.24. The topological polar surface area (TPSA) is 65.4 Å². The van der Waals surface area contributed by atoms with E-state index in [2.05, 4.69) is 28.4 Å². The molecule has 0 aromatic heterocycles. The lowest BCUT2D eigenvalue weighted by molar-refractivity contribution is 0.0935. The van der Waals surface area contributed by atoms with Gasteiger partial charge in [-0.25, -0.2) is 0 Å². The lowest BCUT2D eigenvalue weighted by atomic mass is 10.0. The molecule has 1 amide bonds. The molecule has 1 heterocycles. The van der Waals surface area contributed by atoms with Gasteiger partial charge in [-0.2, -0.15) is 5.26 Å². The summed E-state index contributed by atoms with van der Waals surface area (Å²) in [4.78, 5) is 16.6. The Bertz CT molecular complexity index is 1130. The van der Waals surface area contributed by atoms with Gasteiger partial charge < -0.3 is 10.1 Å². The smallest absolute Gasteiger partial charge is 0.252 e. The van der Waals surface area contributed by atoms with E-state index in [9.17, 15) is 4.79 Å². The molecule has 0 saturated carbocycles. The highest BCUT2D eigenvalue weighted by molar-refractivity contribution is 7.98. The van der Waals surface area contributed by atoms with Crippen LogP contribution in [0.4, 0.5) is 0 Å². The Morgan fingerprint density at radius 3 is 2.44 bits per heavy atom. The second-order valence-electron chi connectivity index (χ2n) is 8.34. The Morgan fingerprint density at radius 1 is 1.06 bits per heavy atom. The van der Waals surface area contributed by atoms with Gasteiger partial charge in [-0.1, -0.05) is 36.4 Å². The molecule has 1 saturated heterocycles. The highest BCUT2D eigenvalue weighted by Gasteiger charge is 2.24. The summed E-state index contributed by atoms with van der Waals surface area (Å²) >= 11 is 1.63. The van der Waals surface area contributed by atoms with E-state index in [0.29, 0.717) is 17.7 Å². The molecule has 1 N–H and O–H groups in total. The predicted octanol–water partition coefficient (Wildman–Crippen LogP) is 5.43. The van der Waals surface area contributed by atoms with Crippen LogP contribution in [-0.2, 0) is 5.75 Å². The number of methoxy groups -OCH3 is 1. The van der Waals surface area contributed by atoms with Crippen LogP contribution in [0.5, 0.6) is 5.75 Å². The van der Waals surface area contributed by atoms with Gasteiger partial charge in [0.1, 0.15) is 5.75 Å². The number of nitriles is 1. The fraction of sp³-hybridized carbons (Fsp3) is 0.286. The molecule has 0 spiro atoms. The van der Waals surface area contributed by atoms with Crippen molar-refractivity contribution in [3.8, 4) is 11.8 Å². The molecule has 3 aromatic carbocycles. The fourth-order valence-corrected chi connectivity index (χ4v) is 5.24. The number of carbonyl (C=O) groups excluding carboxylic acids is 1. The van der Waals surface area contributed by atoms with Crippen molar-refractivity contribution in [1.29, 1.82) is 5.26 Å². The van der Waals surface area contributed by atoms with E-state index in [1.165, 1.54) is 18.4 Å². The summed E-state index contributed by atoms with van der Waals surface area (Å²) in [6.07, 6.45) is 2.38. The van der Waals surface area contributed by atoms with Gasteiger partial charge in [0.05, 0.1) is 30.3 Å². The van der Waals surface area contributed by atoms with Crippen molar-refractivity contribution < 1.29 is 9.53 Å². The van der Waals surface area contributed by atoms with E-state index >= 15 is 0 Å². The maximum atomic E-state index is 13.2. The summed E-state index contributed by atoms with van der Waals surface area (Å²) in [7, 11) is 1.67. The van der Waals surface area contributed by atoms with Crippen LogP contribution >= 0.6 is 11.8 Å². The zero-order valence-corrected chi connectivity index (χ0v) is 20.2. The van der Waals surface area contributed by atoms with E-state index in [4.69, 9.17) is 10.00 Å². The number of nitrogens with one attached hydrogen (secondary N) is 1. The molecule has 34 heavy (non-hydrogen) atoms. The summed E-state index contributed by atoms with van der Waals surface area (Å²) < 4.78 is 5.31. The molecule has 0 radical (unpaired) electrons. The van der Waals surface area contributed by atoms with Gasteiger partial charge in [0, 0.05) is 17.2 Å². The van der Waals surface area contributed by atoms with Gasteiger partial charge in [0.25, 0.3) is 5.91 Å². The highest BCUT2D eigenvalue weighted by atomic mass is 32.2. The molecule has 5 nitrogen and oxygen atoms in total. The number of carbonyl (C=O) groups is 1. The summed E-state index contributed by atoms with van der Waals surface area (Å²) in [6, 6.07) is 25.7. The molecule has 0 bridgehead atoms. The maximum absolute atomic E-state index is 13.2. The van der Waals surface area contributed by atoms with Crippen molar-refractivity contribution in [3.05, 3.63) is 95.1 Å². The maximum Gasteiger partial charge on any atom is 0.252 e. The van der Waals surface area contributed by atoms with Gasteiger partial charge in [0.2, 0.25) is 0 Å². The van der Waals surface area contributed by atoms with Crippen molar-refractivity contribution >= 4 is 17.7 Å². The third kappa shape index (κ3) is 5.99. The summed E-state index contributed by atoms with van der Waals surface area (Å²) in [5, 5.41) is 12.2. The first kappa shape index (κ1) is 23.9. The number of hydrogen-bond donors (Lipinski definition) is 1. The number of nitrogens with zero attached hydrogens (tertiary/aromatic N) is 2. The average molecular weight is 472 g/mol. The lowest BCUT2D eigenvalue weighted by Gasteiger charge is -2.28. The Balaban J connectivity index is 1.43. The second kappa shape index (κ2) is 11.7. The van der Waals surface area contributed by atoms with Crippen LogP contribution in [0.2, 0.25) is 0 Å². The number of benzene rings is 3. The number of ether oxygens (including phenoxy) is 1. The monoisotopic (exact) mass is 471 g/mol. The SMILES string of the molecule is COc1ccc(C(CNC(=O)c2ccccc2SCc2ccc(C#N)cc2)N2CCCC2)cc1. The molecule has 1 aliphatic heterocycles. The van der Waals surface area contributed by atoms with Crippen LogP contribution in [-0.4, -0.2) is 37.6 Å². The van der Waals surface area contributed by atoms with Crippen molar-refractivity contribution in [2.45, 2.75) is 29.5 Å². The summed E-state index contributed by atoms with van der Waals surface area (Å²) in [5.41, 5.74) is 3.65. The van der Waals surface area contributed by atoms with E-state index < -0.39 is 0 Å². The first-order chi connectivity index (χ1) is 16.7. The third-order valence-corrected chi connectivity index (χ3v) is 7.29. The van der Waals surface area contributed by atoms with Crippen molar-refractivity contribution in [2.24, 2.45) is 0 Å². The highest BCUT2D eigenvalue weighted by Crippen LogP contribution is 2.28. The van der Waals surface area contributed by atoms with Crippen LogP contribution in [0.15, 0.2) is 77.7 Å². The van der Waals surface area contributed by atoms with Crippen LogP contribution in [0.1, 0.15) is 45.9 Å². The fourth-order valence-electron chi connectivity index (χ4n) is 4.24. The molecule has 6 heteroatoms. The second-order valence-corrected chi connectivity index (χ2v) is 9.35. The van der Waals surface area contributed by atoms with E-state index in [1.807, 2.05) is 60.7 Å². The van der Waals surface area contributed by atoms with Crippen LogP contribution in [0.25, 0.3) is 0 Å². The first-order valence-electron chi connectivity index (χ1n) is 11.5. The molecule has 3 aromatic rings. The van der Waals surface area contributed by atoms with Gasteiger partial charge in [-0.05, 0) is 73.5 Å². The number of amides is 1. The van der Waals surface area contributed by atoms with Crippen LogP contribution in [0, 0.1) is 11.3 Å². The normalized spacial score (nSPS) is 14.4. The number of rotatable bonds is 9. The quantitative estimate of drug-likeness (QED) is 0.422. The Labute approximate surface area is 205 Å². The summed E-state index contributed by atoms with van der Waals surface area (Å²) in [5.74, 6) is 1.51. The zero-order chi connectivity index (χ0) is 23.8. The van der Waals surface area contributed by atoms with Gasteiger partial charge in [0.15, 0.2) is 0 Å². The van der Waals surface area contributed by atoms with E-state index in [-0.39, 0.29) is 11.9 Å². The van der Waals surface area contributed by atoms with Crippen molar-refractivity contribution in [2.75, 3.05) is 26.7 Å². The molecule has 174 valence electrons. The average Bonchev–Trinajstić information content (AvgIpc) is 3.43. The Morgan fingerprint density at radius 2 is 1.76 bits per heavy atom. The molecular weight excluding hydrogens is 442 g/mol. The molecule has 1 unspecified atom stereocenters. The minimum absolute atomic E-state index is 0.0550. The molecular formula is C28H29N3O2S. The molecule has 1 atom stereocenters. The van der Waals surface area contributed by atoms with Crippen molar-refractivity contribution in [3.63, 3.8) is 0 Å². The number of thioether (sulfide) groups is 1. The van der Waals surface area contributed by atoms with Crippen LogP contribution in [0.3, 0.4) is 0 Å². The number of likely N-dealkylation sites (tertiary alicyclic amines) is 1. The first-order valence-corrected chi connectivity index (χ1v) is 12.5. The van der Waals surface area contributed by atoms with E-state index in [1.54, 1.807) is 18.9 Å². The van der Waals surface area contributed by atoms with Gasteiger partial charge in [-0.15, -0.1) is 11.8 Å². The van der Waals surface area contributed by atoms with Gasteiger partial charge >= 0.3 is 0 Å². The molecule has 0 aliphatic carbocycles. The minimum Gasteiger partial charge on any atom is -0.497 e. The largest absolute Gasteiger partial charge is 0.497 e.